The van der Waals surface area contributed by atoms with Crippen LogP contribution in [0.3, 0.4) is 0 Å². The number of rotatable bonds is 8. The van der Waals surface area contributed by atoms with Crippen LogP contribution in [0.5, 0.6) is 5.75 Å². The lowest BCUT2D eigenvalue weighted by atomic mass is 10.1. The summed E-state index contributed by atoms with van der Waals surface area (Å²) in [5.41, 5.74) is 1.89. The molecule has 0 aliphatic heterocycles. The average molecular weight is 343 g/mol. The maximum Gasteiger partial charge on any atom is 0.191 e. The SMILES string of the molecule is CCNC(=NCCCc1ccc(O)cc1)NCCc1ccccc1F. The normalized spacial score (nSPS) is 11.4. The predicted octanol–water partition coefficient (Wildman–Crippen LogP) is 3.26. The second-order valence-electron chi connectivity index (χ2n) is 5.80. The van der Waals surface area contributed by atoms with Crippen molar-refractivity contribution in [3.05, 3.63) is 65.5 Å². The summed E-state index contributed by atoms with van der Waals surface area (Å²) in [7, 11) is 0. The first-order valence-electron chi connectivity index (χ1n) is 8.72. The fourth-order valence-electron chi connectivity index (χ4n) is 2.50. The topological polar surface area (TPSA) is 56.7 Å². The molecule has 0 radical (unpaired) electrons. The van der Waals surface area contributed by atoms with Gasteiger partial charge in [0.15, 0.2) is 5.96 Å². The van der Waals surface area contributed by atoms with E-state index in [4.69, 9.17) is 0 Å². The molecule has 0 aliphatic rings. The van der Waals surface area contributed by atoms with E-state index in [9.17, 15) is 9.50 Å². The lowest BCUT2D eigenvalue weighted by molar-refractivity contribution is 0.475. The number of aromatic hydroxyl groups is 1. The molecule has 25 heavy (non-hydrogen) atoms. The van der Waals surface area contributed by atoms with Crippen LogP contribution < -0.4 is 10.6 Å². The van der Waals surface area contributed by atoms with Crippen LogP contribution in [0, 0.1) is 5.82 Å². The zero-order valence-electron chi connectivity index (χ0n) is 14.6. The highest BCUT2D eigenvalue weighted by Crippen LogP contribution is 2.11. The summed E-state index contributed by atoms with van der Waals surface area (Å²) in [6.45, 7) is 4.13. The molecule has 2 aromatic carbocycles. The van der Waals surface area contributed by atoms with Crippen LogP contribution >= 0.6 is 0 Å². The first-order valence-corrected chi connectivity index (χ1v) is 8.72. The molecule has 0 bridgehead atoms. The molecule has 0 unspecified atom stereocenters. The molecule has 5 heteroatoms. The lowest BCUT2D eigenvalue weighted by Crippen LogP contribution is -2.38. The van der Waals surface area contributed by atoms with Gasteiger partial charge in [-0.25, -0.2) is 4.39 Å². The van der Waals surface area contributed by atoms with Gasteiger partial charge in [-0.1, -0.05) is 30.3 Å². The van der Waals surface area contributed by atoms with Crippen LogP contribution in [0.25, 0.3) is 0 Å². The third-order valence-electron chi connectivity index (χ3n) is 3.82. The minimum absolute atomic E-state index is 0.167. The first-order chi connectivity index (χ1) is 12.2. The van der Waals surface area contributed by atoms with E-state index >= 15 is 0 Å². The first kappa shape index (κ1) is 18.8. The number of halogens is 1. The number of nitrogens with one attached hydrogen (secondary N) is 2. The number of benzene rings is 2. The fourth-order valence-corrected chi connectivity index (χ4v) is 2.50. The minimum atomic E-state index is -0.167. The number of guanidine groups is 1. The van der Waals surface area contributed by atoms with E-state index < -0.39 is 0 Å². The van der Waals surface area contributed by atoms with Gasteiger partial charge in [0.05, 0.1) is 0 Å². The monoisotopic (exact) mass is 343 g/mol. The molecule has 0 spiro atoms. The second kappa shape index (κ2) is 10.3. The van der Waals surface area contributed by atoms with E-state index in [0.717, 1.165) is 25.3 Å². The Bertz CT molecular complexity index is 671. The zero-order valence-corrected chi connectivity index (χ0v) is 14.6. The van der Waals surface area contributed by atoms with E-state index in [1.54, 1.807) is 24.3 Å². The Kier molecular flexibility index (Phi) is 7.76. The van der Waals surface area contributed by atoms with E-state index in [0.29, 0.717) is 25.1 Å². The molecular weight excluding hydrogens is 317 g/mol. The number of hydrogen-bond donors (Lipinski definition) is 3. The summed E-state index contributed by atoms with van der Waals surface area (Å²) < 4.78 is 13.6. The van der Waals surface area contributed by atoms with Gasteiger partial charge >= 0.3 is 0 Å². The fraction of sp³-hybridized carbons (Fsp3) is 0.350. The molecule has 2 rings (SSSR count). The number of phenolic OH excluding ortho intramolecular Hbond substituents is 1. The van der Waals surface area contributed by atoms with Gasteiger partial charge in [0.1, 0.15) is 11.6 Å². The Morgan fingerprint density at radius 3 is 2.52 bits per heavy atom. The summed E-state index contributed by atoms with van der Waals surface area (Å²) in [5.74, 6) is 0.875. The quantitative estimate of drug-likeness (QED) is 0.392. The van der Waals surface area contributed by atoms with Gasteiger partial charge in [-0.15, -0.1) is 0 Å². The highest BCUT2D eigenvalue weighted by molar-refractivity contribution is 5.79. The highest BCUT2D eigenvalue weighted by atomic mass is 19.1. The van der Waals surface area contributed by atoms with Crippen molar-refractivity contribution in [3.8, 4) is 5.75 Å². The standard InChI is InChI=1S/C20H26FN3O/c1-2-22-20(24-15-13-17-7-3-4-8-19(17)21)23-14-5-6-16-9-11-18(25)12-10-16/h3-4,7-12,25H,2,5-6,13-15H2,1H3,(H2,22,23,24). The minimum Gasteiger partial charge on any atom is -0.508 e. The van der Waals surface area contributed by atoms with Gasteiger partial charge in [-0.2, -0.15) is 0 Å². The van der Waals surface area contributed by atoms with Crippen molar-refractivity contribution >= 4 is 5.96 Å². The molecule has 4 nitrogen and oxygen atoms in total. The van der Waals surface area contributed by atoms with Gasteiger partial charge in [-0.05, 0) is 55.5 Å². The maximum absolute atomic E-state index is 13.6. The third-order valence-corrected chi connectivity index (χ3v) is 3.82. The Morgan fingerprint density at radius 2 is 1.80 bits per heavy atom. The van der Waals surface area contributed by atoms with Crippen molar-refractivity contribution < 1.29 is 9.50 Å². The number of nitrogens with zero attached hydrogens (tertiary/aromatic N) is 1. The number of phenols is 1. The number of aliphatic imine (C=N–C) groups is 1. The molecule has 0 aliphatic carbocycles. The summed E-state index contributed by atoms with van der Waals surface area (Å²) >= 11 is 0. The average Bonchev–Trinajstić information content (AvgIpc) is 2.62. The molecule has 3 N–H and O–H groups in total. The Balaban J connectivity index is 1.75. The number of aryl methyl sites for hydroxylation is 1. The van der Waals surface area contributed by atoms with Crippen LogP contribution in [0.4, 0.5) is 4.39 Å². The molecule has 134 valence electrons. The van der Waals surface area contributed by atoms with Crippen LogP contribution in [0.1, 0.15) is 24.5 Å². The van der Waals surface area contributed by atoms with E-state index in [-0.39, 0.29) is 11.6 Å². The van der Waals surface area contributed by atoms with Crippen molar-refractivity contribution in [2.75, 3.05) is 19.6 Å². The molecule has 0 amide bonds. The van der Waals surface area contributed by atoms with Crippen LogP contribution in [0.2, 0.25) is 0 Å². The summed E-state index contributed by atoms with van der Waals surface area (Å²) in [6, 6.07) is 14.1. The summed E-state index contributed by atoms with van der Waals surface area (Å²) in [5, 5.41) is 15.7. The third kappa shape index (κ3) is 6.83. The number of hydrogen-bond acceptors (Lipinski definition) is 2. The van der Waals surface area contributed by atoms with E-state index in [1.165, 1.54) is 11.6 Å². The molecule has 0 atom stereocenters. The molecule has 0 fully saturated rings. The second-order valence-corrected chi connectivity index (χ2v) is 5.80. The molecule has 0 aromatic heterocycles. The van der Waals surface area contributed by atoms with Gasteiger partial charge in [-0.3, -0.25) is 4.99 Å². The van der Waals surface area contributed by atoms with E-state index in [1.807, 2.05) is 25.1 Å². The van der Waals surface area contributed by atoms with Gasteiger partial charge < -0.3 is 15.7 Å². The smallest absolute Gasteiger partial charge is 0.191 e. The van der Waals surface area contributed by atoms with Crippen molar-refractivity contribution in [2.24, 2.45) is 4.99 Å². The van der Waals surface area contributed by atoms with Crippen molar-refractivity contribution in [1.82, 2.24) is 10.6 Å². The highest BCUT2D eigenvalue weighted by Gasteiger charge is 2.02. The lowest BCUT2D eigenvalue weighted by Gasteiger charge is -2.11. The van der Waals surface area contributed by atoms with Gasteiger partial charge in [0.2, 0.25) is 0 Å². The van der Waals surface area contributed by atoms with Crippen molar-refractivity contribution in [3.63, 3.8) is 0 Å². The zero-order chi connectivity index (χ0) is 17.9. The molecule has 2 aromatic rings. The Labute approximate surface area is 148 Å². The summed E-state index contributed by atoms with van der Waals surface area (Å²) in [6.07, 6.45) is 2.46. The van der Waals surface area contributed by atoms with Gasteiger partial charge in [0, 0.05) is 19.6 Å². The Morgan fingerprint density at radius 1 is 1.04 bits per heavy atom. The molecule has 0 saturated carbocycles. The van der Waals surface area contributed by atoms with Crippen molar-refractivity contribution in [2.45, 2.75) is 26.2 Å². The van der Waals surface area contributed by atoms with Gasteiger partial charge in [0.25, 0.3) is 0 Å². The van der Waals surface area contributed by atoms with Crippen LogP contribution in [-0.2, 0) is 12.8 Å². The Hall–Kier alpha value is -2.56. The molecule has 0 saturated heterocycles. The predicted molar refractivity (Wildman–Crippen MR) is 101 cm³/mol. The van der Waals surface area contributed by atoms with Crippen LogP contribution in [0.15, 0.2) is 53.5 Å². The molecular formula is C20H26FN3O. The maximum atomic E-state index is 13.6. The van der Waals surface area contributed by atoms with Crippen molar-refractivity contribution in [1.29, 1.82) is 0 Å². The van der Waals surface area contributed by atoms with E-state index in [2.05, 4.69) is 15.6 Å². The summed E-state index contributed by atoms with van der Waals surface area (Å²) in [4.78, 5) is 4.55. The van der Waals surface area contributed by atoms with Crippen LogP contribution in [-0.4, -0.2) is 30.7 Å². The molecule has 0 heterocycles. The largest absolute Gasteiger partial charge is 0.508 e.